The number of aldehydes is 1. The molecule has 0 aliphatic carbocycles. The summed E-state index contributed by atoms with van der Waals surface area (Å²) in [5.74, 6) is 0.479. The SMILES string of the molecule is COC1=C(C)C(=O)S[C@]1(C)C=O. The fraction of sp³-hybridized carbons (Fsp3) is 0.500. The number of carbonyl (C=O) groups excluding carboxylic acids is 2. The van der Waals surface area contributed by atoms with Gasteiger partial charge in [0.25, 0.3) is 0 Å². The molecule has 0 amide bonds. The van der Waals surface area contributed by atoms with E-state index in [1.54, 1.807) is 13.8 Å². The van der Waals surface area contributed by atoms with Crippen molar-refractivity contribution in [3.05, 3.63) is 11.3 Å². The largest absolute Gasteiger partial charge is 0.499 e. The van der Waals surface area contributed by atoms with Crippen LogP contribution in [0.4, 0.5) is 0 Å². The highest BCUT2D eigenvalue weighted by Crippen LogP contribution is 2.42. The fourth-order valence-electron chi connectivity index (χ4n) is 1.21. The Labute approximate surface area is 75.2 Å². The second-order valence-electron chi connectivity index (χ2n) is 2.77. The molecule has 0 aromatic rings. The van der Waals surface area contributed by atoms with Crippen molar-refractivity contribution in [3.63, 3.8) is 0 Å². The van der Waals surface area contributed by atoms with Crippen LogP contribution < -0.4 is 0 Å². The summed E-state index contributed by atoms with van der Waals surface area (Å²) in [5, 5.41) is -0.0820. The third kappa shape index (κ3) is 1.16. The lowest BCUT2D eigenvalue weighted by Crippen LogP contribution is -2.23. The van der Waals surface area contributed by atoms with E-state index in [0.29, 0.717) is 11.3 Å². The van der Waals surface area contributed by atoms with Gasteiger partial charge < -0.3 is 9.53 Å². The van der Waals surface area contributed by atoms with Crippen LogP contribution in [0.1, 0.15) is 13.8 Å². The molecule has 66 valence electrons. The summed E-state index contributed by atoms with van der Waals surface area (Å²) in [6.45, 7) is 3.35. The van der Waals surface area contributed by atoms with Gasteiger partial charge in [-0.25, -0.2) is 0 Å². The first-order valence-corrected chi connectivity index (χ1v) is 4.32. The smallest absolute Gasteiger partial charge is 0.219 e. The van der Waals surface area contributed by atoms with E-state index < -0.39 is 4.75 Å². The second-order valence-corrected chi connectivity index (χ2v) is 4.20. The van der Waals surface area contributed by atoms with Crippen molar-refractivity contribution < 1.29 is 14.3 Å². The number of methoxy groups -OCH3 is 1. The van der Waals surface area contributed by atoms with E-state index in [1.807, 2.05) is 0 Å². The van der Waals surface area contributed by atoms with Crippen molar-refractivity contribution in [1.82, 2.24) is 0 Å². The number of thioether (sulfide) groups is 1. The predicted octanol–water partition coefficient (Wildman–Crippen LogP) is 1.14. The Balaban J connectivity index is 3.14. The average Bonchev–Trinajstić information content (AvgIpc) is 2.25. The molecule has 0 fully saturated rings. The standard InChI is InChI=1S/C8H10O3S/c1-5-6(11-3)8(2,4-9)12-7(5)10/h4H,1-3H3/t8-/m1/s1. The minimum absolute atomic E-state index is 0.0820. The maximum atomic E-state index is 11.2. The number of hydrogen-bond donors (Lipinski definition) is 0. The lowest BCUT2D eigenvalue weighted by atomic mass is 10.1. The van der Waals surface area contributed by atoms with Gasteiger partial charge in [-0.15, -0.1) is 0 Å². The van der Waals surface area contributed by atoms with Gasteiger partial charge in [-0.2, -0.15) is 0 Å². The Bertz CT molecular complexity index is 269. The number of ether oxygens (including phenoxy) is 1. The summed E-state index contributed by atoms with van der Waals surface area (Å²) in [6, 6.07) is 0. The molecule has 0 aromatic carbocycles. The average molecular weight is 186 g/mol. The minimum Gasteiger partial charge on any atom is -0.499 e. The van der Waals surface area contributed by atoms with Crippen molar-refractivity contribution in [1.29, 1.82) is 0 Å². The van der Waals surface area contributed by atoms with Crippen molar-refractivity contribution in [2.75, 3.05) is 7.11 Å². The quantitative estimate of drug-likeness (QED) is 0.606. The highest BCUT2D eigenvalue weighted by atomic mass is 32.2. The van der Waals surface area contributed by atoms with Crippen LogP contribution in [-0.2, 0) is 14.3 Å². The highest BCUT2D eigenvalue weighted by Gasteiger charge is 2.42. The van der Waals surface area contributed by atoms with Gasteiger partial charge in [0, 0.05) is 5.57 Å². The maximum absolute atomic E-state index is 11.2. The zero-order valence-electron chi connectivity index (χ0n) is 7.21. The van der Waals surface area contributed by atoms with Crippen molar-refractivity contribution in [2.45, 2.75) is 18.6 Å². The molecule has 4 heteroatoms. The molecular formula is C8H10O3S. The van der Waals surface area contributed by atoms with E-state index in [1.165, 1.54) is 7.11 Å². The van der Waals surface area contributed by atoms with Gasteiger partial charge in [0.15, 0.2) is 0 Å². The topological polar surface area (TPSA) is 43.4 Å². The normalized spacial score (nSPS) is 29.4. The summed E-state index contributed by atoms with van der Waals surface area (Å²) >= 11 is 1.00. The van der Waals surface area contributed by atoms with Crippen LogP contribution >= 0.6 is 11.8 Å². The molecule has 1 rings (SSSR count). The van der Waals surface area contributed by atoms with Crippen molar-refractivity contribution >= 4 is 23.2 Å². The molecule has 12 heavy (non-hydrogen) atoms. The number of rotatable bonds is 2. The molecule has 0 N–H and O–H groups in total. The zero-order valence-corrected chi connectivity index (χ0v) is 8.03. The zero-order chi connectivity index (χ0) is 9.35. The Morgan fingerprint density at radius 1 is 1.58 bits per heavy atom. The molecule has 1 aliphatic rings. The summed E-state index contributed by atoms with van der Waals surface area (Å²) in [6.07, 6.45) is 0.741. The minimum atomic E-state index is -0.810. The molecule has 0 unspecified atom stereocenters. The maximum Gasteiger partial charge on any atom is 0.219 e. The van der Waals surface area contributed by atoms with Crippen LogP contribution in [-0.4, -0.2) is 23.3 Å². The summed E-state index contributed by atoms with van der Waals surface area (Å²) in [7, 11) is 1.47. The molecule has 0 saturated heterocycles. The van der Waals surface area contributed by atoms with Gasteiger partial charge >= 0.3 is 0 Å². The molecule has 0 spiro atoms. The third-order valence-electron chi connectivity index (χ3n) is 1.83. The summed E-state index contributed by atoms with van der Waals surface area (Å²) < 4.78 is 4.20. The van der Waals surface area contributed by atoms with Crippen LogP contribution in [0.5, 0.6) is 0 Å². The van der Waals surface area contributed by atoms with Crippen molar-refractivity contribution in [3.8, 4) is 0 Å². The van der Waals surface area contributed by atoms with Crippen LogP contribution in [0, 0.1) is 0 Å². The third-order valence-corrected chi connectivity index (χ3v) is 3.03. The van der Waals surface area contributed by atoms with Gasteiger partial charge in [-0.3, -0.25) is 4.79 Å². The van der Waals surface area contributed by atoms with Crippen LogP contribution in [0.25, 0.3) is 0 Å². The first-order chi connectivity index (χ1) is 5.55. The van der Waals surface area contributed by atoms with Gasteiger partial charge in [-0.1, -0.05) is 11.8 Å². The summed E-state index contributed by atoms with van der Waals surface area (Å²) in [4.78, 5) is 21.9. The molecular weight excluding hydrogens is 176 g/mol. The Hall–Kier alpha value is -0.770. The molecule has 1 heterocycles. The van der Waals surface area contributed by atoms with E-state index >= 15 is 0 Å². The molecule has 0 saturated carbocycles. The monoisotopic (exact) mass is 186 g/mol. The van der Waals surface area contributed by atoms with E-state index in [2.05, 4.69) is 0 Å². The second kappa shape index (κ2) is 2.94. The lowest BCUT2D eigenvalue weighted by molar-refractivity contribution is -0.110. The first kappa shape index (κ1) is 9.32. The van der Waals surface area contributed by atoms with Crippen LogP contribution in [0.3, 0.4) is 0 Å². The Kier molecular flexibility index (Phi) is 2.28. The molecule has 1 atom stereocenters. The van der Waals surface area contributed by atoms with E-state index in [0.717, 1.165) is 18.0 Å². The van der Waals surface area contributed by atoms with Crippen LogP contribution in [0.2, 0.25) is 0 Å². The van der Waals surface area contributed by atoms with Gasteiger partial charge in [0.1, 0.15) is 16.8 Å². The molecule has 0 aromatic heterocycles. The molecule has 1 aliphatic heterocycles. The van der Waals surface area contributed by atoms with E-state index in [4.69, 9.17) is 4.74 Å². The van der Waals surface area contributed by atoms with Crippen LogP contribution in [0.15, 0.2) is 11.3 Å². The summed E-state index contributed by atoms with van der Waals surface area (Å²) in [5.41, 5.74) is 0.539. The van der Waals surface area contributed by atoms with Gasteiger partial charge in [-0.05, 0) is 13.8 Å². The molecule has 3 nitrogen and oxygen atoms in total. The van der Waals surface area contributed by atoms with Gasteiger partial charge in [0.05, 0.1) is 7.11 Å². The number of hydrogen-bond acceptors (Lipinski definition) is 4. The van der Waals surface area contributed by atoms with E-state index in [-0.39, 0.29) is 5.12 Å². The Morgan fingerprint density at radius 2 is 2.17 bits per heavy atom. The fourth-order valence-corrected chi connectivity index (χ4v) is 2.22. The van der Waals surface area contributed by atoms with Gasteiger partial charge in [0.2, 0.25) is 5.12 Å². The first-order valence-electron chi connectivity index (χ1n) is 3.50. The lowest BCUT2D eigenvalue weighted by Gasteiger charge is -2.16. The molecule has 0 bridgehead atoms. The molecule has 0 radical (unpaired) electrons. The van der Waals surface area contributed by atoms with E-state index in [9.17, 15) is 9.59 Å². The highest BCUT2D eigenvalue weighted by molar-refractivity contribution is 8.16. The Morgan fingerprint density at radius 3 is 2.50 bits per heavy atom. The predicted molar refractivity (Wildman–Crippen MR) is 46.8 cm³/mol. The number of carbonyl (C=O) groups is 2. The van der Waals surface area contributed by atoms with Crippen molar-refractivity contribution in [2.24, 2.45) is 0 Å².